The maximum absolute atomic E-state index is 5.24. The zero-order valence-electron chi connectivity index (χ0n) is 33.9. The maximum atomic E-state index is 5.24. The predicted octanol–water partition coefficient (Wildman–Crippen LogP) is 15.1. The Balaban J connectivity index is 1.11. The van der Waals surface area contributed by atoms with E-state index in [-0.39, 0.29) is 0 Å². The summed E-state index contributed by atoms with van der Waals surface area (Å²) in [6.07, 6.45) is 0. The summed E-state index contributed by atoms with van der Waals surface area (Å²) in [6.45, 7) is 0. The van der Waals surface area contributed by atoms with Crippen LogP contribution < -0.4 is 0 Å². The Morgan fingerprint density at radius 3 is 1.67 bits per heavy atom. The first-order valence-corrected chi connectivity index (χ1v) is 22.0. The minimum atomic E-state index is 0.628. The summed E-state index contributed by atoms with van der Waals surface area (Å²) < 4.78 is 7.37. The predicted molar refractivity (Wildman–Crippen MR) is 263 cm³/mol. The zero-order chi connectivity index (χ0) is 41.4. The van der Waals surface area contributed by atoms with Gasteiger partial charge in [-0.15, -0.1) is 11.3 Å². The molecule has 0 radical (unpaired) electrons. The lowest BCUT2D eigenvalue weighted by molar-refractivity contribution is 1.07. The molecule has 0 saturated heterocycles. The summed E-state index contributed by atoms with van der Waals surface area (Å²) >= 11 is 1.87. The van der Waals surface area contributed by atoms with Gasteiger partial charge in [0.15, 0.2) is 17.5 Å². The Hall–Kier alpha value is -8.19. The van der Waals surface area contributed by atoms with Crippen LogP contribution in [0.15, 0.2) is 212 Å². The van der Waals surface area contributed by atoms with Crippen molar-refractivity contribution in [1.82, 2.24) is 24.1 Å². The van der Waals surface area contributed by atoms with Crippen LogP contribution in [0.1, 0.15) is 0 Å². The van der Waals surface area contributed by atoms with Gasteiger partial charge in [-0.3, -0.25) is 0 Å². The second kappa shape index (κ2) is 14.2. The van der Waals surface area contributed by atoms with E-state index < -0.39 is 0 Å². The van der Waals surface area contributed by atoms with Gasteiger partial charge < -0.3 is 9.13 Å². The van der Waals surface area contributed by atoms with Crippen LogP contribution in [0.2, 0.25) is 0 Å². The fourth-order valence-electron chi connectivity index (χ4n) is 9.60. The van der Waals surface area contributed by atoms with Gasteiger partial charge in [0, 0.05) is 59.4 Å². The lowest BCUT2D eigenvalue weighted by Crippen LogP contribution is -2.02. The average molecular weight is 822 g/mol. The molecule has 4 aromatic heterocycles. The summed E-state index contributed by atoms with van der Waals surface area (Å²) in [7, 11) is 0. The highest BCUT2D eigenvalue weighted by Crippen LogP contribution is 2.47. The zero-order valence-corrected chi connectivity index (χ0v) is 34.7. The third-order valence-corrected chi connectivity index (χ3v) is 13.6. The van der Waals surface area contributed by atoms with Crippen molar-refractivity contribution in [1.29, 1.82) is 0 Å². The van der Waals surface area contributed by atoms with Crippen LogP contribution in [0.5, 0.6) is 0 Å². The first kappa shape index (κ1) is 35.6. The number of hydrogen-bond donors (Lipinski definition) is 0. The van der Waals surface area contributed by atoms with Crippen LogP contribution >= 0.6 is 11.3 Å². The summed E-state index contributed by atoms with van der Waals surface area (Å²) in [4.78, 5) is 15.5. The molecule has 294 valence electrons. The van der Waals surface area contributed by atoms with Gasteiger partial charge in [0.2, 0.25) is 0 Å². The largest absolute Gasteiger partial charge is 0.308 e. The third kappa shape index (κ3) is 5.59. The molecular weight excluding hydrogens is 787 g/mol. The van der Waals surface area contributed by atoms with Crippen LogP contribution in [0.3, 0.4) is 0 Å². The quantitative estimate of drug-likeness (QED) is 0.168. The molecule has 0 amide bonds. The third-order valence-electron chi connectivity index (χ3n) is 12.4. The Morgan fingerprint density at radius 2 is 0.937 bits per heavy atom. The normalized spacial score (nSPS) is 11.8. The molecule has 13 aromatic rings. The highest BCUT2D eigenvalue weighted by atomic mass is 32.1. The van der Waals surface area contributed by atoms with E-state index in [2.05, 4.69) is 185 Å². The minimum absolute atomic E-state index is 0.628. The fraction of sp³-hybridized carbons (Fsp3) is 0. The first-order chi connectivity index (χ1) is 31.3. The molecule has 0 spiro atoms. The topological polar surface area (TPSA) is 48.5 Å². The van der Waals surface area contributed by atoms with Gasteiger partial charge >= 0.3 is 0 Å². The molecular formula is C57H35N5S. The standard InChI is InChI=1S/C57H35N5S/c1-5-17-36(18-6-1)39-31-32-42-41-25-13-14-29-46(41)62(49(42)35-39)48-30-16-27-44-52-50(63-54(44)48)34-33-47-51(52)43-26-15-28-45(53(43)61(47)40-23-11-4-12-24-40)57-59-55(37-19-7-2-8-20-37)58-56(60-57)38-21-9-3-10-22-38/h1-35H. The van der Waals surface area contributed by atoms with Crippen molar-refractivity contribution in [3.05, 3.63) is 212 Å². The van der Waals surface area contributed by atoms with E-state index in [0.29, 0.717) is 17.5 Å². The molecule has 5 nitrogen and oxygen atoms in total. The smallest absolute Gasteiger partial charge is 0.166 e. The van der Waals surface area contributed by atoms with Crippen molar-refractivity contribution >= 4 is 75.1 Å². The lowest BCUT2D eigenvalue weighted by Gasteiger charge is -2.12. The molecule has 0 aliphatic carbocycles. The molecule has 0 aliphatic heterocycles. The molecule has 6 heteroatoms. The van der Waals surface area contributed by atoms with E-state index in [9.17, 15) is 0 Å². The number of thiophene rings is 1. The molecule has 9 aromatic carbocycles. The van der Waals surface area contributed by atoms with Crippen LogP contribution in [-0.2, 0) is 0 Å². The Morgan fingerprint density at radius 1 is 0.349 bits per heavy atom. The molecule has 0 unspecified atom stereocenters. The molecule has 63 heavy (non-hydrogen) atoms. The monoisotopic (exact) mass is 821 g/mol. The average Bonchev–Trinajstić information content (AvgIpc) is 4.02. The van der Waals surface area contributed by atoms with Gasteiger partial charge in [0.1, 0.15) is 0 Å². The summed E-state index contributed by atoms with van der Waals surface area (Å²) in [5, 5.41) is 7.34. The van der Waals surface area contributed by atoms with Crippen LogP contribution in [0.4, 0.5) is 0 Å². The number of rotatable bonds is 6. The Kier molecular flexibility index (Phi) is 8.01. The summed E-state index contributed by atoms with van der Waals surface area (Å²) in [5.41, 5.74) is 12.1. The first-order valence-electron chi connectivity index (χ1n) is 21.2. The van der Waals surface area contributed by atoms with Crippen LogP contribution in [0.25, 0.3) is 120 Å². The van der Waals surface area contributed by atoms with E-state index in [4.69, 9.17) is 15.0 Å². The van der Waals surface area contributed by atoms with Crippen molar-refractivity contribution in [2.75, 3.05) is 0 Å². The number of hydrogen-bond acceptors (Lipinski definition) is 4. The van der Waals surface area contributed by atoms with E-state index in [1.165, 1.54) is 64.2 Å². The summed E-state index contributed by atoms with van der Waals surface area (Å²) in [6, 6.07) is 75.5. The van der Waals surface area contributed by atoms with Gasteiger partial charge in [-0.05, 0) is 59.7 Å². The summed E-state index contributed by atoms with van der Waals surface area (Å²) in [5.74, 6) is 1.90. The van der Waals surface area contributed by atoms with Gasteiger partial charge in [-0.2, -0.15) is 0 Å². The number of aromatic nitrogens is 5. The molecule has 0 fully saturated rings. The van der Waals surface area contributed by atoms with Crippen LogP contribution in [0, 0.1) is 0 Å². The highest BCUT2D eigenvalue weighted by Gasteiger charge is 2.24. The second-order valence-electron chi connectivity index (χ2n) is 16.0. The van der Waals surface area contributed by atoms with Crippen molar-refractivity contribution in [2.45, 2.75) is 0 Å². The Labute approximate surface area is 366 Å². The highest BCUT2D eigenvalue weighted by molar-refractivity contribution is 7.26. The number of fused-ring (bicyclic) bond motifs is 10. The van der Waals surface area contributed by atoms with Crippen molar-refractivity contribution in [3.8, 4) is 56.7 Å². The number of nitrogens with zero attached hydrogens (tertiary/aromatic N) is 5. The molecule has 4 heterocycles. The number of para-hydroxylation sites is 3. The van der Waals surface area contributed by atoms with E-state index in [1.54, 1.807) is 0 Å². The van der Waals surface area contributed by atoms with Gasteiger partial charge in [0.25, 0.3) is 0 Å². The van der Waals surface area contributed by atoms with Gasteiger partial charge in [-0.25, -0.2) is 15.0 Å². The SMILES string of the molecule is c1ccc(-c2ccc3c4ccccc4n(-c4cccc5c4sc4ccc6c(c7cccc(-c8nc(-c9ccccc9)nc(-c9ccccc9)n8)c7n6-c6ccccc6)c45)c3c2)cc1. The lowest BCUT2D eigenvalue weighted by atomic mass is 10.0. The maximum Gasteiger partial charge on any atom is 0.166 e. The molecule has 0 N–H and O–H groups in total. The molecule has 0 atom stereocenters. The molecule has 0 aliphatic rings. The molecule has 0 bridgehead atoms. The molecule has 13 rings (SSSR count). The number of benzene rings is 9. The van der Waals surface area contributed by atoms with Crippen molar-refractivity contribution in [3.63, 3.8) is 0 Å². The Bertz CT molecular complexity index is 3830. The fourth-order valence-corrected chi connectivity index (χ4v) is 10.8. The van der Waals surface area contributed by atoms with Crippen molar-refractivity contribution in [2.24, 2.45) is 0 Å². The second-order valence-corrected chi connectivity index (χ2v) is 17.0. The van der Waals surface area contributed by atoms with Crippen molar-refractivity contribution < 1.29 is 0 Å². The van der Waals surface area contributed by atoms with Gasteiger partial charge in [-0.1, -0.05) is 164 Å². The van der Waals surface area contributed by atoms with E-state index >= 15 is 0 Å². The molecule has 0 saturated carbocycles. The van der Waals surface area contributed by atoms with E-state index in [1.807, 2.05) is 47.7 Å². The van der Waals surface area contributed by atoms with Crippen LogP contribution in [-0.4, -0.2) is 24.1 Å². The van der Waals surface area contributed by atoms with Gasteiger partial charge in [0.05, 0.1) is 32.5 Å². The van der Waals surface area contributed by atoms with E-state index in [0.717, 1.165) is 38.8 Å². The minimum Gasteiger partial charge on any atom is -0.308 e.